The Kier molecular flexibility index (Phi) is 1.68. The van der Waals surface area contributed by atoms with Crippen molar-refractivity contribution in [3.63, 3.8) is 0 Å². The highest BCUT2D eigenvalue weighted by molar-refractivity contribution is 4.85. The highest BCUT2D eigenvalue weighted by Gasteiger charge is 2.16. The molecule has 0 spiro atoms. The minimum absolute atomic E-state index is 0.729. The smallest absolute Gasteiger partial charge is 0.0655 e. The zero-order valence-corrected chi connectivity index (χ0v) is 5.85. The predicted octanol–water partition coefficient (Wildman–Crippen LogP) is 2.34. The molecule has 0 bridgehead atoms. The fraction of sp³-hybridized carbons (Fsp3) is 0.875. The van der Waals surface area contributed by atoms with Crippen LogP contribution in [0.15, 0.2) is 0 Å². The van der Waals surface area contributed by atoms with E-state index in [1.165, 1.54) is 0 Å². The van der Waals surface area contributed by atoms with Gasteiger partial charge in [0, 0.05) is 7.26 Å². The average molecular weight is 124 g/mol. The average Bonchev–Trinajstić information content (AvgIpc) is 1.96. The first-order valence-corrected chi connectivity index (χ1v) is 3.57. The molecule has 1 fully saturated rings. The number of hydrogen-bond acceptors (Lipinski definition) is 1. The number of nitriles is 1. The lowest BCUT2D eigenvalue weighted by Gasteiger charge is -2.20. The Labute approximate surface area is 58.1 Å². The predicted molar refractivity (Wildman–Crippen MR) is 36.7 cm³/mol. The molecule has 9 heavy (non-hydrogen) atoms. The molecule has 1 rings (SSSR count). The minimum atomic E-state index is -0.744. The number of rotatable bonds is 0. The van der Waals surface area contributed by atoms with Crippen molar-refractivity contribution in [2.75, 3.05) is 0 Å². The van der Waals surface area contributed by atoms with E-state index < -0.39 is 5.89 Å². The van der Waals surface area contributed by atoms with Crippen LogP contribution in [0.25, 0.3) is 0 Å². The summed E-state index contributed by atoms with van der Waals surface area (Å²) >= 11 is 0. The third kappa shape index (κ3) is 1.71. The van der Waals surface area contributed by atoms with Gasteiger partial charge in [-0.1, -0.05) is 6.92 Å². The maximum atomic E-state index is 8.60. The summed E-state index contributed by atoms with van der Waals surface area (Å²) < 4.78 is 7.60. The van der Waals surface area contributed by atoms with Gasteiger partial charge in [-0.05, 0) is 31.6 Å². The Hall–Kier alpha value is -0.510. The fourth-order valence-corrected chi connectivity index (χ4v) is 1.22. The van der Waals surface area contributed by atoms with Gasteiger partial charge in [0.05, 0.1) is 6.07 Å². The fourth-order valence-electron chi connectivity index (χ4n) is 1.22. The van der Waals surface area contributed by atoms with Gasteiger partial charge in [0.1, 0.15) is 0 Å². The molecule has 0 aromatic heterocycles. The van der Waals surface area contributed by atoms with Crippen molar-refractivity contribution >= 4 is 0 Å². The molecule has 0 amide bonds. The van der Waals surface area contributed by atoms with E-state index in [2.05, 4.69) is 13.0 Å². The van der Waals surface area contributed by atoms with Crippen LogP contribution in [-0.2, 0) is 0 Å². The standard InChI is InChI=1S/C8H13N/c1-7-2-4-8(6-9)5-3-7/h7-8H,2-5H2,1H3/i8D. The van der Waals surface area contributed by atoms with Crippen molar-refractivity contribution < 1.29 is 1.37 Å². The molecule has 0 aromatic carbocycles. The normalized spacial score (nSPS) is 45.3. The van der Waals surface area contributed by atoms with Gasteiger partial charge in [-0.15, -0.1) is 0 Å². The van der Waals surface area contributed by atoms with Crippen LogP contribution in [-0.4, -0.2) is 0 Å². The van der Waals surface area contributed by atoms with Crippen LogP contribution in [0.1, 0.15) is 34.0 Å². The highest BCUT2D eigenvalue weighted by Crippen LogP contribution is 2.27. The topological polar surface area (TPSA) is 23.8 Å². The highest BCUT2D eigenvalue weighted by atomic mass is 14.3. The summed E-state index contributed by atoms with van der Waals surface area (Å²) in [5.74, 6) is -0.0150. The summed E-state index contributed by atoms with van der Waals surface area (Å²) in [4.78, 5) is 0. The molecule has 1 heteroatoms. The second-order valence-electron chi connectivity index (χ2n) is 2.90. The van der Waals surface area contributed by atoms with Crippen LogP contribution in [0.4, 0.5) is 0 Å². The molecule has 0 aromatic rings. The second-order valence-corrected chi connectivity index (χ2v) is 2.90. The Morgan fingerprint density at radius 2 is 2.00 bits per heavy atom. The van der Waals surface area contributed by atoms with E-state index in [-0.39, 0.29) is 0 Å². The van der Waals surface area contributed by atoms with E-state index >= 15 is 0 Å². The van der Waals surface area contributed by atoms with E-state index in [1.807, 2.05) is 0 Å². The first kappa shape index (κ1) is 5.29. The van der Waals surface area contributed by atoms with E-state index in [4.69, 9.17) is 6.63 Å². The van der Waals surface area contributed by atoms with Gasteiger partial charge in [0.25, 0.3) is 0 Å². The zero-order valence-electron chi connectivity index (χ0n) is 6.85. The lowest BCUT2D eigenvalue weighted by molar-refractivity contribution is 0.336. The Balaban J connectivity index is 2.48. The van der Waals surface area contributed by atoms with E-state index in [9.17, 15) is 0 Å². The van der Waals surface area contributed by atoms with Crippen molar-refractivity contribution in [1.29, 1.82) is 5.26 Å². The number of hydrogen-bond donors (Lipinski definition) is 0. The molecule has 1 aliphatic rings. The molecule has 50 valence electrons. The van der Waals surface area contributed by atoms with Crippen LogP contribution < -0.4 is 0 Å². The van der Waals surface area contributed by atoms with Crippen LogP contribution >= 0.6 is 0 Å². The SMILES string of the molecule is [2H]C1(C#N)CCC(C)CC1. The first-order chi connectivity index (χ1) is 4.66. The van der Waals surface area contributed by atoms with Crippen molar-refractivity contribution in [2.24, 2.45) is 11.8 Å². The largest absolute Gasteiger partial charge is 0.198 e. The lowest BCUT2D eigenvalue weighted by atomic mass is 9.84. The summed E-state index contributed by atoms with van der Waals surface area (Å²) in [6.45, 7) is 2.19. The van der Waals surface area contributed by atoms with Gasteiger partial charge in [-0.3, -0.25) is 0 Å². The van der Waals surface area contributed by atoms with Gasteiger partial charge in [0.15, 0.2) is 0 Å². The summed E-state index contributed by atoms with van der Waals surface area (Å²) in [6.07, 6.45) is 3.64. The van der Waals surface area contributed by atoms with Crippen molar-refractivity contribution in [3.05, 3.63) is 0 Å². The second kappa shape index (κ2) is 2.87. The quantitative estimate of drug-likeness (QED) is 0.486. The summed E-state index contributed by atoms with van der Waals surface area (Å²) in [5.41, 5.74) is 0. The van der Waals surface area contributed by atoms with Crippen molar-refractivity contribution in [2.45, 2.75) is 32.6 Å². The monoisotopic (exact) mass is 124 g/mol. The molecular formula is C8H13N. The van der Waals surface area contributed by atoms with Gasteiger partial charge in [-0.2, -0.15) is 5.26 Å². The molecule has 1 saturated carbocycles. The summed E-state index contributed by atoms with van der Waals surface area (Å²) in [6, 6.07) is 2.07. The molecule has 0 radical (unpaired) electrons. The van der Waals surface area contributed by atoms with Gasteiger partial charge >= 0.3 is 0 Å². The zero-order chi connectivity index (χ0) is 7.61. The van der Waals surface area contributed by atoms with Crippen molar-refractivity contribution in [3.8, 4) is 6.07 Å². The molecule has 1 nitrogen and oxygen atoms in total. The van der Waals surface area contributed by atoms with E-state index in [1.54, 1.807) is 0 Å². The summed E-state index contributed by atoms with van der Waals surface area (Å²) in [5, 5.41) is 8.60. The molecular weight excluding hydrogens is 110 g/mol. The molecule has 0 atom stereocenters. The summed E-state index contributed by atoms with van der Waals surface area (Å²) in [7, 11) is 0. The van der Waals surface area contributed by atoms with E-state index in [0.717, 1.165) is 31.6 Å². The van der Waals surface area contributed by atoms with Crippen LogP contribution in [0.3, 0.4) is 0 Å². The van der Waals surface area contributed by atoms with Gasteiger partial charge < -0.3 is 0 Å². The first-order valence-electron chi connectivity index (χ1n) is 4.07. The molecule has 1 aliphatic carbocycles. The van der Waals surface area contributed by atoms with Gasteiger partial charge in [-0.25, -0.2) is 0 Å². The van der Waals surface area contributed by atoms with Gasteiger partial charge in [0.2, 0.25) is 0 Å². The van der Waals surface area contributed by atoms with E-state index in [0.29, 0.717) is 0 Å². The van der Waals surface area contributed by atoms with Crippen LogP contribution in [0.5, 0.6) is 0 Å². The third-order valence-electron chi connectivity index (χ3n) is 2.04. The van der Waals surface area contributed by atoms with Crippen molar-refractivity contribution in [1.82, 2.24) is 0 Å². The maximum Gasteiger partial charge on any atom is 0.0655 e. The lowest BCUT2D eigenvalue weighted by Crippen LogP contribution is -2.09. The maximum absolute atomic E-state index is 8.60. The Bertz CT molecular complexity index is 151. The molecule has 0 heterocycles. The van der Waals surface area contributed by atoms with Crippen LogP contribution in [0, 0.1) is 23.1 Å². The molecule has 0 aliphatic heterocycles. The molecule has 0 N–H and O–H groups in total. The number of nitrogens with zero attached hydrogens (tertiary/aromatic N) is 1. The van der Waals surface area contributed by atoms with Crippen LogP contribution in [0.2, 0.25) is 0 Å². The minimum Gasteiger partial charge on any atom is -0.198 e. The Morgan fingerprint density at radius 3 is 2.44 bits per heavy atom. The Morgan fingerprint density at radius 1 is 1.44 bits per heavy atom. The molecule has 0 saturated heterocycles. The molecule has 0 unspecified atom stereocenters. The third-order valence-corrected chi connectivity index (χ3v) is 2.04.